The standard InChI is InChI=1S/C24H38N4O3/c1-25-23(27-18-24(11-4-5-12-24)22(29)28(2)3)26-16-19-7-6-8-20(15-19)17-31-21-9-13-30-14-10-21/h6-8,15,21H,4-5,9-14,16-18H2,1-3H3,(H2,25,26,27). The molecule has 0 spiro atoms. The van der Waals surface area contributed by atoms with E-state index in [-0.39, 0.29) is 11.3 Å². The molecule has 1 aliphatic heterocycles. The minimum absolute atomic E-state index is 0.213. The van der Waals surface area contributed by atoms with Gasteiger partial charge in [-0.25, -0.2) is 0 Å². The lowest BCUT2D eigenvalue weighted by atomic mass is 9.84. The van der Waals surface area contributed by atoms with Crippen LogP contribution in [-0.2, 0) is 27.4 Å². The van der Waals surface area contributed by atoms with Crippen molar-refractivity contribution in [3.63, 3.8) is 0 Å². The van der Waals surface area contributed by atoms with Gasteiger partial charge in [0.05, 0.1) is 18.1 Å². The maximum absolute atomic E-state index is 12.8. The molecule has 1 amide bonds. The maximum atomic E-state index is 12.8. The number of rotatable bonds is 8. The number of nitrogens with zero attached hydrogens (tertiary/aromatic N) is 2. The molecule has 0 aromatic heterocycles. The van der Waals surface area contributed by atoms with Crippen molar-refractivity contribution in [2.24, 2.45) is 10.4 Å². The highest BCUT2D eigenvalue weighted by Crippen LogP contribution is 2.38. The van der Waals surface area contributed by atoms with Gasteiger partial charge in [0.2, 0.25) is 5.91 Å². The first kappa shape index (κ1) is 23.5. The normalized spacial score (nSPS) is 19.3. The summed E-state index contributed by atoms with van der Waals surface area (Å²) in [7, 11) is 5.45. The Bertz CT molecular complexity index is 738. The highest BCUT2D eigenvalue weighted by atomic mass is 16.5. The smallest absolute Gasteiger partial charge is 0.230 e. The van der Waals surface area contributed by atoms with Crippen molar-refractivity contribution in [2.75, 3.05) is 40.9 Å². The predicted octanol–water partition coefficient (Wildman–Crippen LogP) is 2.70. The first-order valence-corrected chi connectivity index (χ1v) is 11.5. The molecule has 1 aromatic carbocycles. The average Bonchev–Trinajstić information content (AvgIpc) is 3.28. The fourth-order valence-corrected chi connectivity index (χ4v) is 4.54. The Morgan fingerprint density at radius 1 is 1.19 bits per heavy atom. The van der Waals surface area contributed by atoms with Gasteiger partial charge in [0.25, 0.3) is 0 Å². The summed E-state index contributed by atoms with van der Waals surface area (Å²) in [4.78, 5) is 18.8. The van der Waals surface area contributed by atoms with E-state index in [0.717, 1.165) is 57.7 Å². The zero-order valence-corrected chi connectivity index (χ0v) is 19.3. The van der Waals surface area contributed by atoms with E-state index in [2.05, 4.69) is 39.9 Å². The number of carbonyl (C=O) groups excluding carboxylic acids is 1. The van der Waals surface area contributed by atoms with Gasteiger partial charge in [0.1, 0.15) is 0 Å². The number of amides is 1. The molecule has 2 N–H and O–H groups in total. The van der Waals surface area contributed by atoms with Gasteiger partial charge >= 0.3 is 0 Å². The molecule has 7 heteroatoms. The van der Waals surface area contributed by atoms with E-state index in [9.17, 15) is 4.79 Å². The molecular formula is C24H38N4O3. The second kappa shape index (κ2) is 11.5. The summed E-state index contributed by atoms with van der Waals surface area (Å²) in [5, 5.41) is 6.78. The molecule has 7 nitrogen and oxygen atoms in total. The summed E-state index contributed by atoms with van der Waals surface area (Å²) < 4.78 is 11.4. The van der Waals surface area contributed by atoms with Crippen molar-refractivity contribution in [1.82, 2.24) is 15.5 Å². The molecule has 1 saturated heterocycles. The first-order valence-electron chi connectivity index (χ1n) is 11.5. The van der Waals surface area contributed by atoms with Crippen molar-refractivity contribution in [3.05, 3.63) is 35.4 Å². The highest BCUT2D eigenvalue weighted by Gasteiger charge is 2.42. The van der Waals surface area contributed by atoms with Crippen LogP contribution in [0.2, 0.25) is 0 Å². The molecular weight excluding hydrogens is 392 g/mol. The van der Waals surface area contributed by atoms with E-state index in [4.69, 9.17) is 9.47 Å². The Balaban J connectivity index is 1.49. The van der Waals surface area contributed by atoms with E-state index < -0.39 is 0 Å². The van der Waals surface area contributed by atoms with Crippen LogP contribution >= 0.6 is 0 Å². The van der Waals surface area contributed by atoms with Gasteiger partial charge in [-0.1, -0.05) is 37.1 Å². The van der Waals surface area contributed by atoms with E-state index in [1.54, 1.807) is 11.9 Å². The van der Waals surface area contributed by atoms with E-state index in [1.165, 1.54) is 11.1 Å². The first-order chi connectivity index (χ1) is 15.0. The number of nitrogens with one attached hydrogen (secondary N) is 2. The molecule has 0 atom stereocenters. The Labute approximate surface area is 186 Å². The summed E-state index contributed by atoms with van der Waals surface area (Å²) in [6.07, 6.45) is 6.33. The highest BCUT2D eigenvalue weighted by molar-refractivity contribution is 5.85. The fourth-order valence-electron chi connectivity index (χ4n) is 4.54. The van der Waals surface area contributed by atoms with Gasteiger partial charge < -0.3 is 25.0 Å². The summed E-state index contributed by atoms with van der Waals surface area (Å²) in [5.74, 6) is 0.937. The second-order valence-corrected chi connectivity index (χ2v) is 8.91. The SMILES string of the molecule is CN=C(NCc1cccc(COC2CCOCC2)c1)NCC1(C(=O)N(C)C)CCCC1. The molecule has 0 unspecified atom stereocenters. The quantitative estimate of drug-likeness (QED) is 0.490. The molecule has 1 aromatic rings. The van der Waals surface area contributed by atoms with Crippen LogP contribution in [0.5, 0.6) is 0 Å². The molecule has 1 heterocycles. The monoisotopic (exact) mass is 430 g/mol. The number of hydrogen-bond acceptors (Lipinski definition) is 4. The summed E-state index contributed by atoms with van der Waals surface area (Å²) >= 11 is 0. The topological polar surface area (TPSA) is 75.2 Å². The minimum atomic E-state index is -0.317. The number of ether oxygens (including phenoxy) is 2. The van der Waals surface area contributed by atoms with E-state index in [0.29, 0.717) is 25.8 Å². The predicted molar refractivity (Wildman–Crippen MR) is 123 cm³/mol. The number of aliphatic imine (C=N–C) groups is 1. The third-order valence-corrected chi connectivity index (χ3v) is 6.34. The largest absolute Gasteiger partial charge is 0.381 e. The zero-order valence-electron chi connectivity index (χ0n) is 19.3. The van der Waals surface area contributed by atoms with Crippen LogP contribution in [0.1, 0.15) is 49.7 Å². The van der Waals surface area contributed by atoms with E-state index in [1.807, 2.05) is 14.1 Å². The number of hydrogen-bond donors (Lipinski definition) is 2. The Morgan fingerprint density at radius 3 is 2.58 bits per heavy atom. The van der Waals surface area contributed by atoms with Crippen molar-refractivity contribution in [3.8, 4) is 0 Å². The van der Waals surface area contributed by atoms with Crippen molar-refractivity contribution >= 4 is 11.9 Å². The molecule has 2 aliphatic rings. The average molecular weight is 431 g/mol. The summed E-state index contributed by atoms with van der Waals surface area (Å²) in [6, 6.07) is 8.45. The van der Waals surface area contributed by atoms with Gasteiger partial charge in [0, 0.05) is 47.4 Å². The molecule has 2 fully saturated rings. The maximum Gasteiger partial charge on any atom is 0.230 e. The van der Waals surface area contributed by atoms with Crippen molar-refractivity contribution in [1.29, 1.82) is 0 Å². The Kier molecular flexibility index (Phi) is 8.72. The van der Waals surface area contributed by atoms with Gasteiger partial charge in [-0.3, -0.25) is 9.79 Å². The lowest BCUT2D eigenvalue weighted by Crippen LogP contribution is -2.49. The van der Waals surface area contributed by atoms with Crippen LogP contribution in [0.15, 0.2) is 29.3 Å². The lowest BCUT2D eigenvalue weighted by molar-refractivity contribution is -0.138. The molecule has 0 bridgehead atoms. The number of benzene rings is 1. The zero-order chi connectivity index (χ0) is 22.1. The van der Waals surface area contributed by atoms with Crippen molar-refractivity contribution in [2.45, 2.75) is 57.8 Å². The van der Waals surface area contributed by atoms with Crippen LogP contribution in [0.4, 0.5) is 0 Å². The molecule has 3 rings (SSSR count). The van der Waals surface area contributed by atoms with Crippen molar-refractivity contribution < 1.29 is 14.3 Å². The molecule has 0 radical (unpaired) electrons. The van der Waals surface area contributed by atoms with Gasteiger partial charge in [0.15, 0.2) is 5.96 Å². The Hall–Kier alpha value is -2.12. The number of carbonyl (C=O) groups is 1. The molecule has 31 heavy (non-hydrogen) atoms. The molecule has 1 aliphatic carbocycles. The van der Waals surface area contributed by atoms with Crippen LogP contribution in [0, 0.1) is 5.41 Å². The third-order valence-electron chi connectivity index (χ3n) is 6.34. The van der Waals surface area contributed by atoms with Gasteiger partial charge in [-0.05, 0) is 36.8 Å². The number of guanidine groups is 1. The Morgan fingerprint density at radius 2 is 1.90 bits per heavy atom. The van der Waals surface area contributed by atoms with E-state index >= 15 is 0 Å². The van der Waals surface area contributed by atoms with Crippen LogP contribution in [-0.4, -0.2) is 63.8 Å². The van der Waals surface area contributed by atoms with Crippen LogP contribution < -0.4 is 10.6 Å². The van der Waals surface area contributed by atoms with Gasteiger partial charge in [-0.15, -0.1) is 0 Å². The fraction of sp³-hybridized carbons (Fsp3) is 0.667. The summed E-state index contributed by atoms with van der Waals surface area (Å²) in [5.41, 5.74) is 2.04. The van der Waals surface area contributed by atoms with Crippen LogP contribution in [0.25, 0.3) is 0 Å². The van der Waals surface area contributed by atoms with Gasteiger partial charge in [-0.2, -0.15) is 0 Å². The minimum Gasteiger partial charge on any atom is -0.381 e. The molecule has 172 valence electrons. The third kappa shape index (κ3) is 6.68. The second-order valence-electron chi connectivity index (χ2n) is 8.91. The summed E-state index contributed by atoms with van der Waals surface area (Å²) in [6.45, 7) is 3.49. The van der Waals surface area contributed by atoms with Crippen LogP contribution in [0.3, 0.4) is 0 Å². The molecule has 1 saturated carbocycles. The lowest BCUT2D eigenvalue weighted by Gasteiger charge is -2.31.